The molecule has 10 rings (SSSR count). The largest absolute Gasteiger partial charge is 0.455 e. The standard InChI is InChI=1S/C44H26O2/c1-2-13-30-27(11-1)12-9-18-31(30)28-23-25-29(26-24-28)40-33-15-3-4-16-34(33)41(42-36-17-6-8-22-39(36)46-44(40)42)37-20-10-19-35-32-14-5-7-21-38(32)45-43(35)37/h1-26H. The summed E-state index contributed by atoms with van der Waals surface area (Å²) in [5, 5.41) is 9.26. The quantitative estimate of drug-likeness (QED) is 0.206. The van der Waals surface area contributed by atoms with Crippen molar-refractivity contribution >= 4 is 65.4 Å². The van der Waals surface area contributed by atoms with Crippen LogP contribution in [0, 0.1) is 0 Å². The van der Waals surface area contributed by atoms with Crippen LogP contribution in [0.2, 0.25) is 0 Å². The van der Waals surface area contributed by atoms with E-state index in [-0.39, 0.29) is 0 Å². The van der Waals surface area contributed by atoms with E-state index in [1.165, 1.54) is 27.3 Å². The van der Waals surface area contributed by atoms with E-state index in [2.05, 4.69) is 140 Å². The molecule has 0 radical (unpaired) electrons. The molecule has 2 heterocycles. The van der Waals surface area contributed by atoms with Crippen molar-refractivity contribution in [3.05, 3.63) is 158 Å². The summed E-state index contributed by atoms with van der Waals surface area (Å²) in [6.07, 6.45) is 0. The Morgan fingerprint density at radius 3 is 1.63 bits per heavy atom. The molecule has 0 amide bonds. The summed E-state index contributed by atoms with van der Waals surface area (Å²) in [5.41, 5.74) is 10.4. The molecule has 0 unspecified atom stereocenters. The van der Waals surface area contributed by atoms with Crippen LogP contribution < -0.4 is 0 Å². The Kier molecular flexibility index (Phi) is 5.31. The van der Waals surface area contributed by atoms with E-state index >= 15 is 0 Å². The number of furan rings is 2. The van der Waals surface area contributed by atoms with Gasteiger partial charge in [-0.2, -0.15) is 0 Å². The fraction of sp³-hybridized carbons (Fsp3) is 0. The van der Waals surface area contributed by atoms with E-state index < -0.39 is 0 Å². The van der Waals surface area contributed by atoms with Crippen LogP contribution in [0.3, 0.4) is 0 Å². The van der Waals surface area contributed by atoms with Gasteiger partial charge < -0.3 is 8.83 Å². The Balaban J connectivity index is 1.29. The van der Waals surface area contributed by atoms with Crippen LogP contribution in [0.1, 0.15) is 0 Å². The number of hydrogen-bond donors (Lipinski definition) is 0. The van der Waals surface area contributed by atoms with Gasteiger partial charge in [0.2, 0.25) is 0 Å². The van der Waals surface area contributed by atoms with Crippen LogP contribution in [-0.4, -0.2) is 0 Å². The highest BCUT2D eigenvalue weighted by molar-refractivity contribution is 6.28. The van der Waals surface area contributed by atoms with Crippen molar-refractivity contribution in [1.29, 1.82) is 0 Å². The molecular formula is C44H26O2. The Morgan fingerprint density at radius 1 is 0.304 bits per heavy atom. The second kappa shape index (κ2) is 9.69. The van der Waals surface area contributed by atoms with Crippen LogP contribution in [0.4, 0.5) is 0 Å². The molecule has 0 saturated heterocycles. The average molecular weight is 587 g/mol. The lowest BCUT2D eigenvalue weighted by Gasteiger charge is -2.15. The maximum atomic E-state index is 6.82. The molecule has 46 heavy (non-hydrogen) atoms. The second-order valence-electron chi connectivity index (χ2n) is 12.0. The highest BCUT2D eigenvalue weighted by Gasteiger charge is 2.24. The summed E-state index contributed by atoms with van der Waals surface area (Å²) in [7, 11) is 0. The first-order valence-electron chi connectivity index (χ1n) is 15.7. The van der Waals surface area contributed by atoms with Crippen LogP contribution >= 0.6 is 0 Å². The zero-order valence-corrected chi connectivity index (χ0v) is 24.8. The summed E-state index contributed by atoms with van der Waals surface area (Å²) < 4.78 is 13.4. The van der Waals surface area contributed by atoms with Crippen molar-refractivity contribution in [3.8, 4) is 33.4 Å². The normalized spacial score (nSPS) is 11.9. The second-order valence-corrected chi connectivity index (χ2v) is 12.0. The monoisotopic (exact) mass is 586 g/mol. The molecule has 0 saturated carbocycles. The fourth-order valence-corrected chi connectivity index (χ4v) is 7.45. The first kappa shape index (κ1) is 25.2. The van der Waals surface area contributed by atoms with Crippen LogP contribution in [0.25, 0.3) is 98.8 Å². The molecule has 8 aromatic carbocycles. The number of rotatable bonds is 3. The first-order chi connectivity index (χ1) is 22.8. The molecule has 0 atom stereocenters. The van der Waals surface area contributed by atoms with Crippen molar-refractivity contribution in [2.45, 2.75) is 0 Å². The van der Waals surface area contributed by atoms with Gasteiger partial charge in [0.15, 0.2) is 0 Å². The van der Waals surface area contributed by atoms with Gasteiger partial charge in [-0.15, -0.1) is 0 Å². The van der Waals surface area contributed by atoms with Crippen molar-refractivity contribution in [2.24, 2.45) is 0 Å². The lowest BCUT2D eigenvalue weighted by Crippen LogP contribution is -1.90. The third kappa shape index (κ3) is 3.59. The van der Waals surface area contributed by atoms with Gasteiger partial charge in [0.1, 0.15) is 22.3 Å². The van der Waals surface area contributed by atoms with Crippen molar-refractivity contribution in [2.75, 3.05) is 0 Å². The Morgan fingerprint density at radius 2 is 0.826 bits per heavy atom. The van der Waals surface area contributed by atoms with Gasteiger partial charge in [0.25, 0.3) is 0 Å². The molecule has 0 aliphatic rings. The minimum Gasteiger partial charge on any atom is -0.455 e. The predicted octanol–water partition coefficient (Wildman–Crippen LogP) is 12.8. The highest BCUT2D eigenvalue weighted by Crippen LogP contribution is 2.49. The van der Waals surface area contributed by atoms with Crippen LogP contribution in [-0.2, 0) is 0 Å². The topological polar surface area (TPSA) is 26.3 Å². The van der Waals surface area contributed by atoms with Gasteiger partial charge in [0.05, 0.1) is 0 Å². The van der Waals surface area contributed by atoms with Crippen molar-refractivity contribution < 1.29 is 8.83 Å². The van der Waals surface area contributed by atoms with E-state index in [1.807, 2.05) is 18.2 Å². The smallest absolute Gasteiger partial charge is 0.144 e. The molecular weight excluding hydrogens is 560 g/mol. The van der Waals surface area contributed by atoms with Crippen LogP contribution in [0.5, 0.6) is 0 Å². The SMILES string of the molecule is c1ccc2c(-c3ccc(-c4c5ccccc5c(-c5cccc6c5oc5ccccc56)c5c4oc4ccccc45)cc3)cccc2c1. The number of fused-ring (bicyclic) bond motifs is 8. The molecule has 2 heteroatoms. The molecule has 2 aromatic heterocycles. The van der Waals surface area contributed by atoms with E-state index in [1.54, 1.807) is 0 Å². The number of para-hydroxylation sites is 3. The van der Waals surface area contributed by atoms with Gasteiger partial charge in [-0.1, -0.05) is 146 Å². The maximum Gasteiger partial charge on any atom is 0.144 e. The van der Waals surface area contributed by atoms with Crippen molar-refractivity contribution in [3.63, 3.8) is 0 Å². The summed E-state index contributed by atoms with van der Waals surface area (Å²) in [4.78, 5) is 0. The zero-order valence-electron chi connectivity index (χ0n) is 24.8. The molecule has 0 spiro atoms. The predicted molar refractivity (Wildman–Crippen MR) is 192 cm³/mol. The lowest BCUT2D eigenvalue weighted by atomic mass is 9.87. The molecule has 214 valence electrons. The van der Waals surface area contributed by atoms with Gasteiger partial charge >= 0.3 is 0 Å². The molecule has 10 aromatic rings. The van der Waals surface area contributed by atoms with Gasteiger partial charge in [-0.25, -0.2) is 0 Å². The minimum atomic E-state index is 0.875. The third-order valence-electron chi connectivity index (χ3n) is 9.49. The van der Waals surface area contributed by atoms with Gasteiger partial charge in [0, 0.05) is 38.2 Å². The fourth-order valence-electron chi connectivity index (χ4n) is 7.45. The summed E-state index contributed by atoms with van der Waals surface area (Å²) in [5.74, 6) is 0. The highest BCUT2D eigenvalue weighted by atomic mass is 16.3. The third-order valence-corrected chi connectivity index (χ3v) is 9.49. The first-order valence-corrected chi connectivity index (χ1v) is 15.7. The molecule has 0 bridgehead atoms. The van der Waals surface area contributed by atoms with Gasteiger partial charge in [-0.05, 0) is 50.4 Å². The Labute approximate surface area is 264 Å². The minimum absolute atomic E-state index is 0.875. The molecule has 0 fully saturated rings. The summed E-state index contributed by atoms with van der Waals surface area (Å²) >= 11 is 0. The van der Waals surface area contributed by atoms with E-state index in [0.29, 0.717) is 0 Å². The van der Waals surface area contributed by atoms with E-state index in [0.717, 1.165) is 71.5 Å². The van der Waals surface area contributed by atoms with Gasteiger partial charge in [-0.3, -0.25) is 0 Å². The Bertz CT molecular complexity index is 2790. The summed E-state index contributed by atoms with van der Waals surface area (Å²) in [6.45, 7) is 0. The molecule has 0 aliphatic heterocycles. The maximum absolute atomic E-state index is 6.82. The molecule has 0 aliphatic carbocycles. The zero-order chi connectivity index (χ0) is 30.2. The van der Waals surface area contributed by atoms with E-state index in [4.69, 9.17) is 8.83 Å². The molecule has 0 N–H and O–H groups in total. The number of hydrogen-bond acceptors (Lipinski definition) is 2. The van der Waals surface area contributed by atoms with E-state index in [9.17, 15) is 0 Å². The van der Waals surface area contributed by atoms with Crippen LogP contribution in [0.15, 0.2) is 167 Å². The Hall–Kier alpha value is -6.12. The summed E-state index contributed by atoms with van der Waals surface area (Å²) in [6, 6.07) is 55.9. The average Bonchev–Trinajstić information content (AvgIpc) is 3.69. The number of benzene rings is 8. The lowest BCUT2D eigenvalue weighted by molar-refractivity contribution is 0.669. The molecule has 2 nitrogen and oxygen atoms in total. The van der Waals surface area contributed by atoms with Crippen molar-refractivity contribution in [1.82, 2.24) is 0 Å².